The summed E-state index contributed by atoms with van der Waals surface area (Å²) >= 11 is 0. The molecule has 94 valence electrons. The standard InChI is InChI=1S/C12H25N3O/c1-9(2)11(13)5-7-15(3)12(16)10-4-6-14-8-10/h9-11,14H,4-8,13H2,1-3H3. The van der Waals surface area contributed by atoms with E-state index in [-0.39, 0.29) is 17.9 Å². The minimum absolute atomic E-state index is 0.181. The number of hydrogen-bond acceptors (Lipinski definition) is 3. The van der Waals surface area contributed by atoms with Crippen molar-refractivity contribution in [3.8, 4) is 0 Å². The number of hydrogen-bond donors (Lipinski definition) is 2. The summed E-state index contributed by atoms with van der Waals surface area (Å²) in [7, 11) is 1.88. The van der Waals surface area contributed by atoms with Crippen LogP contribution in [-0.4, -0.2) is 43.5 Å². The maximum Gasteiger partial charge on any atom is 0.226 e. The second-order valence-electron chi connectivity index (χ2n) is 5.15. The normalized spacial score (nSPS) is 22.4. The second kappa shape index (κ2) is 6.21. The first kappa shape index (κ1) is 13.5. The Hall–Kier alpha value is -0.610. The molecular formula is C12H25N3O. The number of nitrogens with one attached hydrogen (secondary N) is 1. The highest BCUT2D eigenvalue weighted by molar-refractivity contribution is 5.79. The Kier molecular flexibility index (Phi) is 5.22. The van der Waals surface area contributed by atoms with Crippen molar-refractivity contribution in [3.63, 3.8) is 0 Å². The molecule has 1 aliphatic heterocycles. The van der Waals surface area contributed by atoms with Gasteiger partial charge in [0.1, 0.15) is 0 Å². The van der Waals surface area contributed by atoms with E-state index < -0.39 is 0 Å². The fourth-order valence-corrected chi connectivity index (χ4v) is 1.96. The molecule has 2 atom stereocenters. The van der Waals surface area contributed by atoms with E-state index in [2.05, 4.69) is 19.2 Å². The molecule has 0 aromatic heterocycles. The lowest BCUT2D eigenvalue weighted by Crippen LogP contribution is -2.38. The molecular weight excluding hydrogens is 202 g/mol. The zero-order valence-corrected chi connectivity index (χ0v) is 10.7. The number of nitrogens with two attached hydrogens (primary N) is 1. The van der Waals surface area contributed by atoms with E-state index in [4.69, 9.17) is 5.73 Å². The van der Waals surface area contributed by atoms with Gasteiger partial charge in [-0.3, -0.25) is 4.79 Å². The van der Waals surface area contributed by atoms with Crippen LogP contribution in [0.2, 0.25) is 0 Å². The van der Waals surface area contributed by atoms with Crippen LogP contribution < -0.4 is 11.1 Å². The van der Waals surface area contributed by atoms with Crippen molar-refractivity contribution < 1.29 is 4.79 Å². The summed E-state index contributed by atoms with van der Waals surface area (Å²) in [6, 6.07) is 0.192. The van der Waals surface area contributed by atoms with Gasteiger partial charge in [0.05, 0.1) is 5.92 Å². The fraction of sp³-hybridized carbons (Fsp3) is 0.917. The first-order valence-corrected chi connectivity index (χ1v) is 6.23. The quantitative estimate of drug-likeness (QED) is 0.716. The van der Waals surface area contributed by atoms with Crippen molar-refractivity contribution in [2.75, 3.05) is 26.7 Å². The Morgan fingerprint density at radius 3 is 2.75 bits per heavy atom. The van der Waals surface area contributed by atoms with Crippen LogP contribution in [0.25, 0.3) is 0 Å². The molecule has 0 bridgehead atoms. The molecule has 0 aromatic carbocycles. The van der Waals surface area contributed by atoms with E-state index in [0.29, 0.717) is 5.92 Å². The van der Waals surface area contributed by atoms with Gasteiger partial charge in [0.15, 0.2) is 0 Å². The Labute approximate surface area is 98.6 Å². The highest BCUT2D eigenvalue weighted by Gasteiger charge is 2.25. The molecule has 0 aliphatic carbocycles. The van der Waals surface area contributed by atoms with Crippen LogP contribution in [0.1, 0.15) is 26.7 Å². The molecule has 0 aromatic rings. The Bertz CT molecular complexity index is 224. The molecule has 3 N–H and O–H groups in total. The maximum atomic E-state index is 12.0. The lowest BCUT2D eigenvalue weighted by molar-refractivity contribution is -0.133. The molecule has 4 nitrogen and oxygen atoms in total. The highest BCUT2D eigenvalue weighted by Crippen LogP contribution is 2.12. The van der Waals surface area contributed by atoms with Crippen LogP contribution in [0.5, 0.6) is 0 Å². The van der Waals surface area contributed by atoms with E-state index in [1.54, 1.807) is 0 Å². The molecule has 4 heteroatoms. The zero-order chi connectivity index (χ0) is 12.1. The molecule has 1 saturated heterocycles. The van der Waals surface area contributed by atoms with Gasteiger partial charge < -0.3 is 16.0 Å². The van der Waals surface area contributed by atoms with Crippen molar-refractivity contribution in [3.05, 3.63) is 0 Å². The third-order valence-corrected chi connectivity index (χ3v) is 3.44. The molecule has 1 amide bonds. The van der Waals surface area contributed by atoms with Crippen LogP contribution in [0.4, 0.5) is 0 Å². The van der Waals surface area contributed by atoms with Gasteiger partial charge in [0, 0.05) is 26.2 Å². The van der Waals surface area contributed by atoms with Crippen LogP contribution in [-0.2, 0) is 4.79 Å². The number of carbonyl (C=O) groups is 1. The van der Waals surface area contributed by atoms with Crippen molar-refractivity contribution in [2.45, 2.75) is 32.7 Å². The van der Waals surface area contributed by atoms with Crippen LogP contribution >= 0.6 is 0 Å². The average molecular weight is 227 g/mol. The fourth-order valence-electron chi connectivity index (χ4n) is 1.96. The summed E-state index contributed by atoms with van der Waals surface area (Å²) < 4.78 is 0. The summed E-state index contributed by atoms with van der Waals surface area (Å²) in [5.74, 6) is 0.929. The molecule has 1 heterocycles. The molecule has 1 rings (SSSR count). The van der Waals surface area contributed by atoms with Gasteiger partial charge in [-0.1, -0.05) is 13.8 Å². The van der Waals surface area contributed by atoms with Crippen molar-refractivity contribution in [1.82, 2.24) is 10.2 Å². The lowest BCUT2D eigenvalue weighted by atomic mass is 10.0. The van der Waals surface area contributed by atoms with Gasteiger partial charge in [-0.25, -0.2) is 0 Å². The minimum atomic E-state index is 0.181. The van der Waals surface area contributed by atoms with Gasteiger partial charge in [0.25, 0.3) is 0 Å². The predicted molar refractivity (Wildman–Crippen MR) is 66.0 cm³/mol. The zero-order valence-electron chi connectivity index (χ0n) is 10.7. The van der Waals surface area contributed by atoms with Crippen LogP contribution in [0.15, 0.2) is 0 Å². The molecule has 1 aliphatic rings. The van der Waals surface area contributed by atoms with E-state index in [1.807, 2.05) is 11.9 Å². The largest absolute Gasteiger partial charge is 0.345 e. The highest BCUT2D eigenvalue weighted by atomic mass is 16.2. The number of nitrogens with zero attached hydrogens (tertiary/aromatic N) is 1. The van der Waals surface area contributed by atoms with Crippen LogP contribution in [0, 0.1) is 11.8 Å². The summed E-state index contributed by atoms with van der Waals surface area (Å²) in [5.41, 5.74) is 5.97. The van der Waals surface area contributed by atoms with Gasteiger partial charge >= 0.3 is 0 Å². The smallest absolute Gasteiger partial charge is 0.226 e. The molecule has 0 spiro atoms. The second-order valence-corrected chi connectivity index (χ2v) is 5.15. The third kappa shape index (κ3) is 3.76. The first-order valence-electron chi connectivity index (χ1n) is 6.23. The summed E-state index contributed by atoms with van der Waals surface area (Å²) in [5, 5.41) is 3.22. The average Bonchev–Trinajstić information content (AvgIpc) is 2.77. The SMILES string of the molecule is CC(C)C(N)CCN(C)C(=O)C1CCNC1. The molecule has 16 heavy (non-hydrogen) atoms. The Balaban J connectivity index is 2.28. The topological polar surface area (TPSA) is 58.4 Å². The van der Waals surface area contributed by atoms with E-state index in [9.17, 15) is 4.79 Å². The Morgan fingerprint density at radius 1 is 1.56 bits per heavy atom. The summed E-state index contributed by atoms with van der Waals surface area (Å²) in [4.78, 5) is 13.8. The number of amides is 1. The van der Waals surface area contributed by atoms with Crippen molar-refractivity contribution >= 4 is 5.91 Å². The Morgan fingerprint density at radius 2 is 2.25 bits per heavy atom. The van der Waals surface area contributed by atoms with Crippen molar-refractivity contribution in [1.29, 1.82) is 0 Å². The monoisotopic (exact) mass is 227 g/mol. The lowest BCUT2D eigenvalue weighted by Gasteiger charge is -2.23. The molecule has 0 radical (unpaired) electrons. The first-order chi connectivity index (χ1) is 7.52. The van der Waals surface area contributed by atoms with Gasteiger partial charge in [0.2, 0.25) is 5.91 Å². The third-order valence-electron chi connectivity index (χ3n) is 3.44. The van der Waals surface area contributed by atoms with E-state index in [1.165, 1.54) is 0 Å². The van der Waals surface area contributed by atoms with Gasteiger partial charge in [-0.2, -0.15) is 0 Å². The summed E-state index contributed by atoms with van der Waals surface area (Å²) in [6.07, 6.45) is 1.86. The van der Waals surface area contributed by atoms with Crippen molar-refractivity contribution in [2.24, 2.45) is 17.6 Å². The summed E-state index contributed by atoms with van der Waals surface area (Å²) in [6.45, 7) is 6.81. The van der Waals surface area contributed by atoms with E-state index in [0.717, 1.165) is 32.5 Å². The predicted octanol–water partition coefficient (Wildman–Crippen LogP) is 0.428. The number of rotatable bonds is 5. The van der Waals surface area contributed by atoms with Crippen LogP contribution in [0.3, 0.4) is 0 Å². The van der Waals surface area contributed by atoms with Gasteiger partial charge in [-0.15, -0.1) is 0 Å². The van der Waals surface area contributed by atoms with E-state index >= 15 is 0 Å². The molecule has 1 fully saturated rings. The maximum absolute atomic E-state index is 12.0. The minimum Gasteiger partial charge on any atom is -0.345 e. The molecule has 0 saturated carbocycles. The molecule has 2 unspecified atom stereocenters. The van der Waals surface area contributed by atoms with Gasteiger partial charge in [-0.05, 0) is 25.3 Å². The number of carbonyl (C=O) groups excluding carboxylic acids is 1.